The van der Waals surface area contributed by atoms with E-state index in [9.17, 15) is 8.78 Å². The molecule has 0 aliphatic heterocycles. The molecular weight excluding hydrogens is 174 g/mol. The number of hydrogen-bond donors (Lipinski definition) is 2. The Labute approximate surface area is 76.5 Å². The van der Waals surface area contributed by atoms with Crippen molar-refractivity contribution in [3.05, 3.63) is 29.3 Å². The molecule has 0 unspecified atom stereocenters. The monoisotopic (exact) mass is 188 g/mol. The summed E-state index contributed by atoms with van der Waals surface area (Å²) in [6.45, 7) is 4.02. The first kappa shape index (κ1) is 11.8. The maximum Gasteiger partial charge on any atom is 0.153 e. The minimum Gasteiger partial charge on any atom is -0.394 e. The maximum atomic E-state index is 12.8. The standard InChI is InChI=1S/C7H8F2N2.C2H6/c8-5-2-1-4(3-10)6(9)7(5)11;1-2/h1-2H,3,10-11H2;1-2H3. The van der Waals surface area contributed by atoms with Crippen LogP contribution in [0.3, 0.4) is 0 Å². The van der Waals surface area contributed by atoms with Crippen molar-refractivity contribution in [1.82, 2.24) is 0 Å². The van der Waals surface area contributed by atoms with Crippen molar-refractivity contribution in [2.75, 3.05) is 5.73 Å². The Morgan fingerprint density at radius 3 is 2.23 bits per heavy atom. The van der Waals surface area contributed by atoms with Gasteiger partial charge < -0.3 is 11.5 Å². The predicted octanol–water partition coefficient (Wildman–Crippen LogP) is 2.03. The van der Waals surface area contributed by atoms with Crippen LogP contribution in [0.5, 0.6) is 0 Å². The van der Waals surface area contributed by atoms with Gasteiger partial charge >= 0.3 is 0 Å². The normalized spacial score (nSPS) is 9.00. The molecule has 0 fully saturated rings. The fourth-order valence-corrected chi connectivity index (χ4v) is 0.772. The third-order valence-corrected chi connectivity index (χ3v) is 1.43. The van der Waals surface area contributed by atoms with Crippen molar-refractivity contribution in [3.8, 4) is 0 Å². The molecule has 0 aromatic heterocycles. The van der Waals surface area contributed by atoms with Gasteiger partial charge in [0.05, 0.1) is 0 Å². The number of hydrogen-bond acceptors (Lipinski definition) is 2. The van der Waals surface area contributed by atoms with E-state index in [1.165, 1.54) is 6.07 Å². The number of rotatable bonds is 1. The zero-order valence-corrected chi connectivity index (χ0v) is 7.77. The van der Waals surface area contributed by atoms with E-state index < -0.39 is 17.3 Å². The van der Waals surface area contributed by atoms with Crippen LogP contribution in [0.2, 0.25) is 0 Å². The Morgan fingerprint density at radius 2 is 1.77 bits per heavy atom. The van der Waals surface area contributed by atoms with Crippen LogP contribution in [0.4, 0.5) is 14.5 Å². The van der Waals surface area contributed by atoms with Crippen LogP contribution < -0.4 is 11.5 Å². The number of halogens is 2. The van der Waals surface area contributed by atoms with Crippen LogP contribution in [-0.2, 0) is 6.54 Å². The fourth-order valence-electron chi connectivity index (χ4n) is 0.772. The summed E-state index contributed by atoms with van der Waals surface area (Å²) in [5.74, 6) is -1.51. The largest absolute Gasteiger partial charge is 0.394 e. The number of nitrogen functional groups attached to an aromatic ring is 1. The molecule has 0 heterocycles. The zero-order chi connectivity index (χ0) is 10.4. The average molecular weight is 188 g/mol. The predicted molar refractivity (Wildman–Crippen MR) is 50.0 cm³/mol. The molecular formula is C9H14F2N2. The van der Waals surface area contributed by atoms with E-state index in [2.05, 4.69) is 0 Å². The average Bonchev–Trinajstić information content (AvgIpc) is 2.18. The Hall–Kier alpha value is -1.16. The van der Waals surface area contributed by atoms with E-state index >= 15 is 0 Å². The molecule has 1 aromatic carbocycles. The van der Waals surface area contributed by atoms with E-state index in [0.29, 0.717) is 0 Å². The van der Waals surface area contributed by atoms with Gasteiger partial charge in [-0.05, 0) is 6.07 Å². The molecule has 4 heteroatoms. The van der Waals surface area contributed by atoms with Gasteiger partial charge in [0.1, 0.15) is 11.5 Å². The quantitative estimate of drug-likeness (QED) is 0.662. The van der Waals surface area contributed by atoms with Crippen LogP contribution in [-0.4, -0.2) is 0 Å². The first-order chi connectivity index (χ1) is 6.16. The minimum atomic E-state index is -0.757. The first-order valence-corrected chi connectivity index (χ1v) is 4.09. The maximum absolute atomic E-state index is 12.8. The smallest absolute Gasteiger partial charge is 0.153 e. The molecule has 13 heavy (non-hydrogen) atoms. The molecule has 4 N–H and O–H groups in total. The van der Waals surface area contributed by atoms with E-state index in [4.69, 9.17) is 11.5 Å². The number of benzene rings is 1. The highest BCUT2D eigenvalue weighted by atomic mass is 19.1. The molecule has 0 atom stereocenters. The van der Waals surface area contributed by atoms with Crippen molar-refractivity contribution < 1.29 is 8.78 Å². The molecule has 0 saturated carbocycles. The zero-order valence-electron chi connectivity index (χ0n) is 7.77. The summed E-state index contributed by atoms with van der Waals surface area (Å²) in [5.41, 5.74) is 9.97. The highest BCUT2D eigenvalue weighted by molar-refractivity contribution is 5.44. The lowest BCUT2D eigenvalue weighted by molar-refractivity contribution is 0.581. The van der Waals surface area contributed by atoms with E-state index in [1.54, 1.807) is 0 Å². The summed E-state index contributed by atoms with van der Waals surface area (Å²) in [7, 11) is 0. The van der Waals surface area contributed by atoms with Crippen LogP contribution in [0.15, 0.2) is 12.1 Å². The van der Waals surface area contributed by atoms with E-state index in [0.717, 1.165) is 6.07 Å². The van der Waals surface area contributed by atoms with Crippen molar-refractivity contribution in [2.24, 2.45) is 5.73 Å². The molecule has 0 amide bonds. The molecule has 2 nitrogen and oxygen atoms in total. The number of anilines is 1. The molecule has 1 aromatic rings. The van der Waals surface area contributed by atoms with Gasteiger partial charge in [-0.1, -0.05) is 19.9 Å². The second kappa shape index (κ2) is 5.48. The lowest BCUT2D eigenvalue weighted by Gasteiger charge is -2.02. The minimum absolute atomic E-state index is 0.0241. The van der Waals surface area contributed by atoms with Gasteiger partial charge in [-0.2, -0.15) is 0 Å². The lowest BCUT2D eigenvalue weighted by Crippen LogP contribution is -2.04. The van der Waals surface area contributed by atoms with E-state index in [1.807, 2.05) is 13.8 Å². The molecule has 0 aliphatic rings. The SMILES string of the molecule is CC.NCc1ccc(F)c(N)c1F. The van der Waals surface area contributed by atoms with E-state index in [-0.39, 0.29) is 12.1 Å². The van der Waals surface area contributed by atoms with Gasteiger partial charge in [-0.15, -0.1) is 0 Å². The highest BCUT2D eigenvalue weighted by Gasteiger charge is 2.08. The Kier molecular flexibility index (Phi) is 4.99. The van der Waals surface area contributed by atoms with Crippen molar-refractivity contribution in [3.63, 3.8) is 0 Å². The molecule has 0 bridgehead atoms. The lowest BCUT2D eigenvalue weighted by atomic mass is 10.2. The van der Waals surface area contributed by atoms with Crippen molar-refractivity contribution in [1.29, 1.82) is 0 Å². The summed E-state index contributed by atoms with van der Waals surface area (Å²) in [6.07, 6.45) is 0. The molecule has 74 valence electrons. The summed E-state index contributed by atoms with van der Waals surface area (Å²) >= 11 is 0. The van der Waals surface area contributed by atoms with Gasteiger partial charge in [-0.3, -0.25) is 0 Å². The number of nitrogens with two attached hydrogens (primary N) is 2. The summed E-state index contributed by atoms with van der Waals surface area (Å²) in [4.78, 5) is 0. The van der Waals surface area contributed by atoms with Crippen LogP contribution in [0, 0.1) is 11.6 Å². The van der Waals surface area contributed by atoms with Crippen molar-refractivity contribution >= 4 is 5.69 Å². The van der Waals surface area contributed by atoms with Gasteiger partial charge in [0.2, 0.25) is 0 Å². The Balaban J connectivity index is 0.000000671. The molecule has 0 spiro atoms. The summed E-state index contributed by atoms with van der Waals surface area (Å²) in [6, 6.07) is 2.38. The molecule has 1 rings (SSSR count). The first-order valence-electron chi connectivity index (χ1n) is 4.09. The third-order valence-electron chi connectivity index (χ3n) is 1.43. The summed E-state index contributed by atoms with van der Waals surface area (Å²) in [5, 5.41) is 0. The fraction of sp³-hybridized carbons (Fsp3) is 0.333. The van der Waals surface area contributed by atoms with Gasteiger partial charge in [0.25, 0.3) is 0 Å². The van der Waals surface area contributed by atoms with Gasteiger partial charge in [0.15, 0.2) is 5.82 Å². The van der Waals surface area contributed by atoms with Gasteiger partial charge in [-0.25, -0.2) is 8.78 Å². The topological polar surface area (TPSA) is 52.0 Å². The highest BCUT2D eigenvalue weighted by Crippen LogP contribution is 2.17. The Morgan fingerprint density at radius 1 is 1.23 bits per heavy atom. The van der Waals surface area contributed by atoms with Crippen molar-refractivity contribution in [2.45, 2.75) is 20.4 Å². The van der Waals surface area contributed by atoms with Gasteiger partial charge in [0, 0.05) is 12.1 Å². The Bertz CT molecular complexity index is 275. The second-order valence-electron chi connectivity index (χ2n) is 2.14. The van der Waals surface area contributed by atoms with Crippen LogP contribution in [0.25, 0.3) is 0 Å². The molecule has 0 saturated heterocycles. The third kappa shape index (κ3) is 2.66. The second-order valence-corrected chi connectivity index (χ2v) is 2.14. The summed E-state index contributed by atoms with van der Waals surface area (Å²) < 4.78 is 25.3. The molecule has 0 aliphatic carbocycles. The molecule has 0 radical (unpaired) electrons. The van der Waals surface area contributed by atoms with Crippen LogP contribution >= 0.6 is 0 Å². The van der Waals surface area contributed by atoms with Crippen LogP contribution in [0.1, 0.15) is 19.4 Å².